The summed E-state index contributed by atoms with van der Waals surface area (Å²) in [5.74, 6) is -1.57. The van der Waals surface area contributed by atoms with Crippen molar-refractivity contribution in [2.24, 2.45) is 5.41 Å². The lowest BCUT2D eigenvalue weighted by atomic mass is 9.67. The fraction of sp³-hybridized carbons (Fsp3) is 0.421. The molecule has 0 radical (unpaired) electrons. The van der Waals surface area contributed by atoms with Crippen molar-refractivity contribution in [1.82, 2.24) is 4.98 Å². The van der Waals surface area contributed by atoms with E-state index in [0.717, 1.165) is 15.4 Å². The first-order valence-corrected chi connectivity index (χ1v) is 8.77. The second kappa shape index (κ2) is 5.52. The van der Waals surface area contributed by atoms with Crippen molar-refractivity contribution in [2.45, 2.75) is 46.1 Å². The van der Waals surface area contributed by atoms with Gasteiger partial charge >= 0.3 is 5.97 Å². The molecule has 1 fully saturated rings. The number of ketones is 1. The predicted molar refractivity (Wildman–Crippen MR) is 94.0 cm³/mol. The van der Waals surface area contributed by atoms with Crippen LogP contribution in [0.25, 0.3) is 10.6 Å². The van der Waals surface area contributed by atoms with E-state index in [0.29, 0.717) is 5.69 Å². The van der Waals surface area contributed by atoms with Gasteiger partial charge in [0.2, 0.25) is 0 Å². The molecule has 3 rings (SSSR count). The standard InChI is InChI=1S/C19H21NO3S/c1-11-14(20-16(24-11)12-9-7-6-8-10-12)13-15(21)18(2,3)19(4,5)23-17(13)22/h6-10,13H,1-5H3. The molecule has 0 spiro atoms. The highest BCUT2D eigenvalue weighted by atomic mass is 32.1. The van der Waals surface area contributed by atoms with Crippen LogP contribution < -0.4 is 0 Å². The summed E-state index contributed by atoms with van der Waals surface area (Å²) in [7, 11) is 0. The van der Waals surface area contributed by atoms with E-state index < -0.39 is 22.9 Å². The van der Waals surface area contributed by atoms with Gasteiger partial charge in [-0.15, -0.1) is 11.3 Å². The Morgan fingerprint density at radius 3 is 2.33 bits per heavy atom. The van der Waals surface area contributed by atoms with Gasteiger partial charge in [0.1, 0.15) is 10.6 Å². The third-order valence-electron chi connectivity index (χ3n) is 5.10. The Hall–Kier alpha value is -2.01. The smallest absolute Gasteiger partial charge is 0.323 e. The number of hydrogen-bond acceptors (Lipinski definition) is 5. The van der Waals surface area contributed by atoms with Gasteiger partial charge < -0.3 is 4.74 Å². The Kier molecular flexibility index (Phi) is 3.87. The van der Waals surface area contributed by atoms with Crippen LogP contribution >= 0.6 is 11.3 Å². The van der Waals surface area contributed by atoms with E-state index in [1.807, 2.05) is 51.1 Å². The van der Waals surface area contributed by atoms with E-state index in [2.05, 4.69) is 4.98 Å². The molecule has 1 saturated heterocycles. The lowest BCUT2D eigenvalue weighted by molar-refractivity contribution is -0.187. The average molecular weight is 343 g/mol. The second-order valence-electron chi connectivity index (χ2n) is 7.18. The van der Waals surface area contributed by atoms with Crippen LogP contribution in [0, 0.1) is 12.3 Å². The first-order chi connectivity index (χ1) is 11.1. The van der Waals surface area contributed by atoms with E-state index in [1.54, 1.807) is 13.8 Å². The zero-order valence-electron chi connectivity index (χ0n) is 14.5. The molecule has 1 unspecified atom stereocenters. The predicted octanol–water partition coefficient (Wildman–Crippen LogP) is 4.13. The molecular weight excluding hydrogens is 322 g/mol. The van der Waals surface area contributed by atoms with Crippen molar-refractivity contribution in [3.05, 3.63) is 40.9 Å². The molecule has 0 saturated carbocycles. The number of benzene rings is 1. The summed E-state index contributed by atoms with van der Waals surface area (Å²) in [5, 5.41) is 0.811. The molecule has 1 aromatic carbocycles. The van der Waals surface area contributed by atoms with Crippen LogP contribution in [0.3, 0.4) is 0 Å². The molecule has 4 nitrogen and oxygen atoms in total. The van der Waals surface area contributed by atoms with Crippen molar-refractivity contribution in [3.63, 3.8) is 0 Å². The van der Waals surface area contributed by atoms with E-state index >= 15 is 0 Å². The molecule has 1 aliphatic rings. The molecule has 0 bridgehead atoms. The Labute approximate surface area is 145 Å². The number of ether oxygens (including phenoxy) is 1. The largest absolute Gasteiger partial charge is 0.458 e. The Bertz CT molecular complexity index is 805. The summed E-state index contributed by atoms with van der Waals surface area (Å²) in [4.78, 5) is 31.1. The van der Waals surface area contributed by atoms with Crippen LogP contribution in [0.15, 0.2) is 30.3 Å². The molecule has 1 aromatic heterocycles. The number of nitrogens with zero attached hydrogens (tertiary/aromatic N) is 1. The van der Waals surface area contributed by atoms with E-state index in [9.17, 15) is 9.59 Å². The molecule has 1 aliphatic heterocycles. The van der Waals surface area contributed by atoms with Gasteiger partial charge in [0.05, 0.1) is 11.1 Å². The number of aryl methyl sites for hydroxylation is 1. The number of hydrogen-bond donors (Lipinski definition) is 0. The zero-order chi connectivity index (χ0) is 17.7. The van der Waals surface area contributed by atoms with Gasteiger partial charge in [-0.1, -0.05) is 30.3 Å². The normalized spacial score (nSPS) is 22.3. The number of esters is 1. The third kappa shape index (κ3) is 2.47. The highest BCUT2D eigenvalue weighted by molar-refractivity contribution is 7.15. The van der Waals surface area contributed by atoms with Gasteiger partial charge in [0.15, 0.2) is 11.7 Å². The van der Waals surface area contributed by atoms with Crippen LogP contribution in [0.4, 0.5) is 0 Å². The molecule has 0 aliphatic carbocycles. The lowest BCUT2D eigenvalue weighted by Crippen LogP contribution is -2.56. The number of cyclic esters (lactones) is 1. The van der Waals surface area contributed by atoms with Crippen molar-refractivity contribution >= 4 is 23.1 Å². The topological polar surface area (TPSA) is 56.3 Å². The highest BCUT2D eigenvalue weighted by Crippen LogP contribution is 2.45. The summed E-state index contributed by atoms with van der Waals surface area (Å²) >= 11 is 1.49. The maximum absolute atomic E-state index is 13.0. The molecule has 24 heavy (non-hydrogen) atoms. The zero-order valence-corrected chi connectivity index (χ0v) is 15.4. The minimum absolute atomic E-state index is 0.128. The fourth-order valence-corrected chi connectivity index (χ4v) is 3.77. The Morgan fingerprint density at radius 1 is 1.08 bits per heavy atom. The Morgan fingerprint density at radius 2 is 1.71 bits per heavy atom. The molecule has 1 atom stereocenters. The van der Waals surface area contributed by atoms with Crippen molar-refractivity contribution < 1.29 is 14.3 Å². The van der Waals surface area contributed by atoms with Crippen LogP contribution in [-0.2, 0) is 14.3 Å². The molecular formula is C19H21NO3S. The van der Waals surface area contributed by atoms with Gasteiger partial charge in [-0.2, -0.15) is 0 Å². The number of rotatable bonds is 2. The maximum atomic E-state index is 13.0. The van der Waals surface area contributed by atoms with E-state index in [4.69, 9.17) is 4.74 Å². The molecule has 2 aromatic rings. The molecule has 0 amide bonds. The quantitative estimate of drug-likeness (QED) is 0.608. The SMILES string of the molecule is Cc1sc(-c2ccccc2)nc1C1C(=O)OC(C)(C)C(C)(C)C1=O. The lowest BCUT2D eigenvalue weighted by Gasteiger charge is -2.45. The van der Waals surface area contributed by atoms with Gasteiger partial charge in [-0.3, -0.25) is 9.59 Å². The number of carbonyl (C=O) groups is 2. The summed E-state index contributed by atoms with van der Waals surface area (Å²) in [5.41, 5.74) is -0.0937. The summed E-state index contributed by atoms with van der Waals surface area (Å²) < 4.78 is 5.60. The van der Waals surface area contributed by atoms with Crippen molar-refractivity contribution in [2.75, 3.05) is 0 Å². The first kappa shape index (κ1) is 16.8. The summed E-state index contributed by atoms with van der Waals surface area (Å²) in [6.45, 7) is 9.11. The van der Waals surface area contributed by atoms with Gasteiger partial charge in [-0.25, -0.2) is 4.98 Å². The van der Waals surface area contributed by atoms with Crippen molar-refractivity contribution in [3.8, 4) is 10.6 Å². The highest BCUT2D eigenvalue weighted by Gasteiger charge is 2.56. The number of aromatic nitrogens is 1. The van der Waals surface area contributed by atoms with Crippen LogP contribution in [-0.4, -0.2) is 22.3 Å². The molecule has 126 valence electrons. The summed E-state index contributed by atoms with van der Waals surface area (Å²) in [6.07, 6.45) is 0. The maximum Gasteiger partial charge on any atom is 0.323 e. The van der Waals surface area contributed by atoms with Gasteiger partial charge in [0.25, 0.3) is 0 Å². The summed E-state index contributed by atoms with van der Waals surface area (Å²) in [6, 6.07) is 9.76. The van der Waals surface area contributed by atoms with E-state index in [-0.39, 0.29) is 5.78 Å². The van der Waals surface area contributed by atoms with Crippen LogP contribution in [0.1, 0.15) is 44.2 Å². The first-order valence-electron chi connectivity index (χ1n) is 7.95. The second-order valence-corrected chi connectivity index (χ2v) is 8.38. The minimum Gasteiger partial charge on any atom is -0.458 e. The third-order valence-corrected chi connectivity index (χ3v) is 6.14. The Balaban J connectivity index is 2.05. The molecule has 5 heteroatoms. The average Bonchev–Trinajstić information content (AvgIpc) is 2.88. The molecule has 2 heterocycles. The van der Waals surface area contributed by atoms with Gasteiger partial charge in [0, 0.05) is 10.4 Å². The van der Waals surface area contributed by atoms with E-state index in [1.165, 1.54) is 11.3 Å². The fourth-order valence-electron chi connectivity index (χ4n) is 2.82. The number of thiazole rings is 1. The number of carbonyl (C=O) groups excluding carboxylic acids is 2. The van der Waals surface area contributed by atoms with Crippen LogP contribution in [0.5, 0.6) is 0 Å². The monoisotopic (exact) mass is 343 g/mol. The minimum atomic E-state index is -0.943. The van der Waals surface area contributed by atoms with Gasteiger partial charge in [-0.05, 0) is 34.6 Å². The van der Waals surface area contributed by atoms with Crippen LogP contribution in [0.2, 0.25) is 0 Å². The van der Waals surface area contributed by atoms with Crippen molar-refractivity contribution in [1.29, 1.82) is 0 Å². The number of Topliss-reactive ketones (excluding diaryl/α,β-unsaturated/α-hetero) is 1. The molecule has 0 N–H and O–H groups in total.